The fourth-order valence-corrected chi connectivity index (χ4v) is 2.18. The molecule has 0 unspecified atom stereocenters. The van der Waals surface area contributed by atoms with E-state index in [1.165, 1.54) is 18.2 Å². The standard InChI is InChI=1S/C13H13F3O/c14-11-4-2-1-3-10(11)12(17)9-5-7-13(15,16)8-6-9/h1-4,9H,5-8H2. The Bertz CT molecular complexity index is 418. The quantitative estimate of drug-likeness (QED) is 0.720. The number of hydrogen-bond donors (Lipinski definition) is 0. The molecule has 1 aromatic rings. The van der Waals surface area contributed by atoms with Gasteiger partial charge in [0, 0.05) is 18.8 Å². The smallest absolute Gasteiger partial charge is 0.248 e. The maximum absolute atomic E-state index is 13.4. The molecule has 0 atom stereocenters. The van der Waals surface area contributed by atoms with Crippen LogP contribution >= 0.6 is 0 Å². The van der Waals surface area contributed by atoms with Crippen molar-refractivity contribution in [1.29, 1.82) is 0 Å². The normalized spacial score (nSPS) is 20.2. The number of Topliss-reactive ketones (excluding diaryl/α,β-unsaturated/α-hetero) is 1. The highest BCUT2D eigenvalue weighted by Crippen LogP contribution is 2.37. The van der Waals surface area contributed by atoms with E-state index in [1.807, 2.05) is 0 Å². The highest BCUT2D eigenvalue weighted by molar-refractivity contribution is 5.98. The van der Waals surface area contributed by atoms with Crippen molar-refractivity contribution in [3.63, 3.8) is 0 Å². The van der Waals surface area contributed by atoms with Gasteiger partial charge in [-0.1, -0.05) is 12.1 Å². The van der Waals surface area contributed by atoms with Gasteiger partial charge in [-0.05, 0) is 25.0 Å². The van der Waals surface area contributed by atoms with Gasteiger partial charge in [-0.25, -0.2) is 13.2 Å². The Kier molecular flexibility index (Phi) is 3.22. The summed E-state index contributed by atoms with van der Waals surface area (Å²) in [5.41, 5.74) is 0.0164. The SMILES string of the molecule is O=C(c1ccccc1F)C1CCC(F)(F)CC1. The summed E-state index contributed by atoms with van der Waals surface area (Å²) in [6.07, 6.45) is -0.282. The Morgan fingerprint density at radius 3 is 2.35 bits per heavy atom. The summed E-state index contributed by atoms with van der Waals surface area (Å²) in [6.45, 7) is 0. The molecule has 0 N–H and O–H groups in total. The van der Waals surface area contributed by atoms with Crippen molar-refractivity contribution in [3.05, 3.63) is 35.6 Å². The van der Waals surface area contributed by atoms with Crippen LogP contribution in [0, 0.1) is 11.7 Å². The second-order valence-corrected chi connectivity index (χ2v) is 4.47. The lowest BCUT2D eigenvalue weighted by Gasteiger charge is -2.27. The third kappa shape index (κ3) is 2.68. The zero-order chi connectivity index (χ0) is 12.5. The summed E-state index contributed by atoms with van der Waals surface area (Å²) in [4.78, 5) is 11.9. The molecule has 0 aromatic heterocycles. The number of rotatable bonds is 2. The molecule has 0 heterocycles. The largest absolute Gasteiger partial charge is 0.294 e. The summed E-state index contributed by atoms with van der Waals surface area (Å²) in [7, 11) is 0. The first kappa shape index (κ1) is 12.1. The van der Waals surface area contributed by atoms with Crippen molar-refractivity contribution in [2.75, 3.05) is 0 Å². The van der Waals surface area contributed by atoms with Crippen molar-refractivity contribution in [2.45, 2.75) is 31.6 Å². The molecule has 4 heteroatoms. The number of benzene rings is 1. The van der Waals surface area contributed by atoms with Gasteiger partial charge in [-0.2, -0.15) is 0 Å². The highest BCUT2D eigenvalue weighted by Gasteiger charge is 2.37. The van der Waals surface area contributed by atoms with Gasteiger partial charge in [0.2, 0.25) is 5.92 Å². The van der Waals surface area contributed by atoms with Gasteiger partial charge in [0.05, 0.1) is 5.56 Å². The first-order valence-electron chi connectivity index (χ1n) is 5.66. The van der Waals surface area contributed by atoms with Gasteiger partial charge in [-0.15, -0.1) is 0 Å². The predicted octanol–water partition coefficient (Wildman–Crippen LogP) is 3.83. The Morgan fingerprint density at radius 2 is 1.76 bits per heavy atom. The van der Waals surface area contributed by atoms with E-state index in [2.05, 4.69) is 0 Å². The molecule has 1 fully saturated rings. The van der Waals surface area contributed by atoms with E-state index in [0.29, 0.717) is 0 Å². The molecular formula is C13H13F3O. The first-order chi connectivity index (χ1) is 7.99. The molecule has 17 heavy (non-hydrogen) atoms. The molecule has 1 aliphatic carbocycles. The summed E-state index contributed by atoms with van der Waals surface area (Å²) >= 11 is 0. The zero-order valence-corrected chi connectivity index (χ0v) is 9.26. The summed E-state index contributed by atoms with van der Waals surface area (Å²) in [6, 6.07) is 5.70. The van der Waals surface area contributed by atoms with E-state index in [-0.39, 0.29) is 37.0 Å². The molecule has 1 saturated carbocycles. The lowest BCUT2D eigenvalue weighted by atomic mass is 9.82. The molecule has 0 spiro atoms. The van der Waals surface area contributed by atoms with Crippen LogP contribution in [0.25, 0.3) is 0 Å². The topological polar surface area (TPSA) is 17.1 Å². The molecule has 0 amide bonds. The van der Waals surface area contributed by atoms with Gasteiger partial charge < -0.3 is 0 Å². The van der Waals surface area contributed by atoms with Crippen LogP contribution in [0.3, 0.4) is 0 Å². The average Bonchev–Trinajstić information content (AvgIpc) is 2.29. The highest BCUT2D eigenvalue weighted by atomic mass is 19.3. The van der Waals surface area contributed by atoms with E-state index in [0.717, 1.165) is 0 Å². The third-order valence-electron chi connectivity index (χ3n) is 3.23. The van der Waals surface area contributed by atoms with Crippen molar-refractivity contribution < 1.29 is 18.0 Å². The van der Waals surface area contributed by atoms with Crippen molar-refractivity contribution in [3.8, 4) is 0 Å². The number of carbonyl (C=O) groups excluding carboxylic acids is 1. The summed E-state index contributed by atoms with van der Waals surface area (Å²) in [5, 5.41) is 0. The summed E-state index contributed by atoms with van der Waals surface area (Å²) in [5.74, 6) is -4.05. The minimum atomic E-state index is -2.66. The maximum atomic E-state index is 13.4. The Labute approximate surface area is 97.6 Å². The minimum Gasteiger partial charge on any atom is -0.294 e. The number of hydrogen-bond acceptors (Lipinski definition) is 1. The maximum Gasteiger partial charge on any atom is 0.248 e. The average molecular weight is 242 g/mol. The van der Waals surface area contributed by atoms with Gasteiger partial charge in [0.25, 0.3) is 0 Å². The van der Waals surface area contributed by atoms with Crippen LogP contribution in [0.5, 0.6) is 0 Å². The molecule has 0 radical (unpaired) electrons. The fourth-order valence-electron chi connectivity index (χ4n) is 2.18. The predicted molar refractivity (Wildman–Crippen MR) is 57.6 cm³/mol. The Morgan fingerprint density at radius 1 is 1.18 bits per heavy atom. The summed E-state index contributed by atoms with van der Waals surface area (Å²) < 4.78 is 39.3. The molecule has 0 aliphatic heterocycles. The lowest BCUT2D eigenvalue weighted by Crippen LogP contribution is -2.29. The van der Waals surface area contributed by atoms with Crippen molar-refractivity contribution in [1.82, 2.24) is 0 Å². The van der Waals surface area contributed by atoms with Crippen LogP contribution in [-0.2, 0) is 0 Å². The third-order valence-corrected chi connectivity index (χ3v) is 3.23. The van der Waals surface area contributed by atoms with E-state index in [9.17, 15) is 18.0 Å². The van der Waals surface area contributed by atoms with E-state index < -0.39 is 17.7 Å². The fraction of sp³-hybridized carbons (Fsp3) is 0.462. The minimum absolute atomic E-state index is 0.0164. The van der Waals surface area contributed by atoms with Gasteiger partial charge >= 0.3 is 0 Å². The monoisotopic (exact) mass is 242 g/mol. The van der Waals surface area contributed by atoms with Crippen LogP contribution in [0.1, 0.15) is 36.0 Å². The molecule has 0 saturated heterocycles. The van der Waals surface area contributed by atoms with Crippen LogP contribution in [0.15, 0.2) is 24.3 Å². The Balaban J connectivity index is 2.10. The van der Waals surface area contributed by atoms with Crippen LogP contribution in [0.2, 0.25) is 0 Å². The molecular weight excluding hydrogens is 229 g/mol. The van der Waals surface area contributed by atoms with Crippen LogP contribution < -0.4 is 0 Å². The zero-order valence-electron chi connectivity index (χ0n) is 9.26. The second-order valence-electron chi connectivity index (χ2n) is 4.47. The van der Waals surface area contributed by atoms with Crippen molar-refractivity contribution >= 4 is 5.78 Å². The second kappa shape index (κ2) is 4.51. The molecule has 92 valence electrons. The van der Waals surface area contributed by atoms with Crippen LogP contribution in [-0.4, -0.2) is 11.7 Å². The molecule has 1 aromatic carbocycles. The molecule has 2 rings (SSSR count). The molecule has 1 nitrogen and oxygen atoms in total. The van der Waals surface area contributed by atoms with E-state index in [4.69, 9.17) is 0 Å². The number of halogens is 3. The van der Waals surface area contributed by atoms with Gasteiger partial charge in [0.1, 0.15) is 5.82 Å². The number of alkyl halides is 2. The van der Waals surface area contributed by atoms with Crippen LogP contribution in [0.4, 0.5) is 13.2 Å². The number of carbonyl (C=O) groups is 1. The Hall–Kier alpha value is -1.32. The van der Waals surface area contributed by atoms with E-state index >= 15 is 0 Å². The van der Waals surface area contributed by atoms with E-state index in [1.54, 1.807) is 6.07 Å². The van der Waals surface area contributed by atoms with Gasteiger partial charge in [-0.3, -0.25) is 4.79 Å². The molecule has 0 bridgehead atoms. The molecule has 1 aliphatic rings. The number of ketones is 1. The lowest BCUT2D eigenvalue weighted by molar-refractivity contribution is -0.0424. The first-order valence-corrected chi connectivity index (χ1v) is 5.66. The van der Waals surface area contributed by atoms with Crippen molar-refractivity contribution in [2.24, 2.45) is 5.92 Å². The van der Waals surface area contributed by atoms with Gasteiger partial charge in [0.15, 0.2) is 5.78 Å².